The lowest BCUT2D eigenvalue weighted by Crippen LogP contribution is -1.96. The Bertz CT molecular complexity index is 738. The van der Waals surface area contributed by atoms with Crippen LogP contribution >= 0.6 is 0 Å². The molecule has 2 rings (SSSR count). The summed E-state index contributed by atoms with van der Waals surface area (Å²) in [6.07, 6.45) is 0.691. The van der Waals surface area contributed by atoms with E-state index in [1.54, 1.807) is 30.3 Å². The maximum absolute atomic E-state index is 10.8. The molecule has 0 amide bonds. The highest BCUT2D eigenvalue weighted by Crippen LogP contribution is 2.35. The first-order chi connectivity index (χ1) is 10.2. The SMILES string of the molecule is COc1cc(C=O)ccc1Oc1c(C#N)cccc1C#N. The van der Waals surface area contributed by atoms with Crippen LogP contribution in [0.5, 0.6) is 17.2 Å². The largest absolute Gasteiger partial charge is 0.493 e. The van der Waals surface area contributed by atoms with E-state index >= 15 is 0 Å². The van der Waals surface area contributed by atoms with Gasteiger partial charge < -0.3 is 9.47 Å². The predicted molar refractivity (Wildman–Crippen MR) is 74.3 cm³/mol. The number of nitriles is 2. The molecule has 2 aromatic rings. The molecule has 0 bridgehead atoms. The van der Waals surface area contributed by atoms with E-state index in [0.717, 1.165) is 0 Å². The third-order valence-electron chi connectivity index (χ3n) is 2.79. The second kappa shape index (κ2) is 6.23. The van der Waals surface area contributed by atoms with Crippen molar-refractivity contribution in [2.45, 2.75) is 0 Å². The number of methoxy groups -OCH3 is 1. The number of benzene rings is 2. The molecule has 0 fully saturated rings. The predicted octanol–water partition coefficient (Wildman–Crippen LogP) is 3.04. The van der Waals surface area contributed by atoms with E-state index in [2.05, 4.69) is 0 Å². The van der Waals surface area contributed by atoms with Crippen LogP contribution in [0.25, 0.3) is 0 Å². The van der Waals surface area contributed by atoms with Gasteiger partial charge in [-0.1, -0.05) is 6.07 Å². The number of hydrogen-bond acceptors (Lipinski definition) is 5. The molecule has 0 saturated carbocycles. The van der Waals surface area contributed by atoms with Gasteiger partial charge in [0.1, 0.15) is 18.4 Å². The lowest BCUT2D eigenvalue weighted by Gasteiger charge is -2.12. The molecular formula is C16H10N2O3. The van der Waals surface area contributed by atoms with E-state index in [4.69, 9.17) is 20.0 Å². The summed E-state index contributed by atoms with van der Waals surface area (Å²) in [5.41, 5.74) is 0.930. The Morgan fingerprint density at radius 3 is 2.24 bits per heavy atom. The quantitative estimate of drug-likeness (QED) is 0.802. The standard InChI is InChI=1S/C16H10N2O3/c1-20-15-7-11(10-19)5-6-14(15)21-16-12(8-17)3-2-4-13(16)9-18/h2-7,10H,1H3. The van der Waals surface area contributed by atoms with Crippen molar-refractivity contribution in [3.05, 3.63) is 53.1 Å². The molecule has 21 heavy (non-hydrogen) atoms. The number of para-hydroxylation sites is 1. The molecule has 0 aliphatic carbocycles. The minimum atomic E-state index is 0.166. The van der Waals surface area contributed by atoms with Gasteiger partial charge >= 0.3 is 0 Å². The van der Waals surface area contributed by atoms with Gasteiger partial charge in [-0.2, -0.15) is 10.5 Å². The molecule has 0 aromatic heterocycles. The molecule has 0 saturated heterocycles. The van der Waals surface area contributed by atoms with Gasteiger partial charge in [-0.15, -0.1) is 0 Å². The van der Waals surface area contributed by atoms with Crippen molar-refractivity contribution in [3.63, 3.8) is 0 Å². The fourth-order valence-electron chi connectivity index (χ4n) is 1.77. The zero-order chi connectivity index (χ0) is 15.2. The van der Waals surface area contributed by atoms with Crippen molar-refractivity contribution in [2.24, 2.45) is 0 Å². The van der Waals surface area contributed by atoms with Crippen molar-refractivity contribution in [1.29, 1.82) is 10.5 Å². The maximum atomic E-state index is 10.8. The third-order valence-corrected chi connectivity index (χ3v) is 2.79. The molecule has 0 aliphatic heterocycles. The van der Waals surface area contributed by atoms with Crippen molar-refractivity contribution >= 4 is 6.29 Å². The average Bonchev–Trinajstić information content (AvgIpc) is 2.55. The van der Waals surface area contributed by atoms with E-state index in [-0.39, 0.29) is 16.9 Å². The number of aldehydes is 1. The fourth-order valence-corrected chi connectivity index (χ4v) is 1.77. The molecule has 102 valence electrons. The summed E-state index contributed by atoms with van der Waals surface area (Å²) in [6, 6.07) is 13.3. The summed E-state index contributed by atoms with van der Waals surface area (Å²) in [7, 11) is 1.44. The minimum Gasteiger partial charge on any atom is -0.493 e. The zero-order valence-corrected chi connectivity index (χ0v) is 11.2. The first-order valence-electron chi connectivity index (χ1n) is 5.97. The van der Waals surface area contributed by atoms with E-state index in [1.165, 1.54) is 13.2 Å². The van der Waals surface area contributed by atoms with Gasteiger partial charge in [0.05, 0.1) is 18.2 Å². The summed E-state index contributed by atoms with van der Waals surface area (Å²) in [4.78, 5) is 10.8. The summed E-state index contributed by atoms with van der Waals surface area (Å²) < 4.78 is 10.8. The Morgan fingerprint density at radius 2 is 1.71 bits per heavy atom. The second-order valence-electron chi connectivity index (χ2n) is 4.04. The minimum absolute atomic E-state index is 0.166. The van der Waals surface area contributed by atoms with Crippen LogP contribution in [0.4, 0.5) is 0 Å². The molecule has 0 heterocycles. The smallest absolute Gasteiger partial charge is 0.169 e. The summed E-state index contributed by atoms with van der Waals surface area (Å²) in [5.74, 6) is 0.832. The number of rotatable bonds is 4. The molecule has 0 N–H and O–H groups in total. The van der Waals surface area contributed by atoms with Gasteiger partial charge in [0, 0.05) is 5.56 Å². The van der Waals surface area contributed by atoms with E-state index in [9.17, 15) is 4.79 Å². The summed E-state index contributed by atoms with van der Waals surface area (Å²) in [5, 5.41) is 18.2. The molecule has 2 aromatic carbocycles. The van der Waals surface area contributed by atoms with Crippen LogP contribution in [-0.4, -0.2) is 13.4 Å². The average molecular weight is 278 g/mol. The molecule has 5 nitrogen and oxygen atoms in total. The Hall–Kier alpha value is -3.31. The van der Waals surface area contributed by atoms with Crippen molar-refractivity contribution < 1.29 is 14.3 Å². The maximum Gasteiger partial charge on any atom is 0.169 e. The normalized spacial score (nSPS) is 9.29. The van der Waals surface area contributed by atoms with Gasteiger partial charge in [-0.05, 0) is 30.3 Å². The molecule has 5 heteroatoms. The zero-order valence-electron chi connectivity index (χ0n) is 11.2. The van der Waals surface area contributed by atoms with Crippen LogP contribution in [0, 0.1) is 22.7 Å². The molecule has 0 aliphatic rings. The monoisotopic (exact) mass is 278 g/mol. The van der Waals surface area contributed by atoms with Crippen LogP contribution < -0.4 is 9.47 Å². The Balaban J connectivity index is 2.51. The van der Waals surface area contributed by atoms with Crippen molar-refractivity contribution in [2.75, 3.05) is 7.11 Å². The molecular weight excluding hydrogens is 268 g/mol. The number of nitrogens with zero attached hydrogens (tertiary/aromatic N) is 2. The van der Waals surface area contributed by atoms with Crippen molar-refractivity contribution in [1.82, 2.24) is 0 Å². The lowest BCUT2D eigenvalue weighted by molar-refractivity contribution is 0.112. The Kier molecular flexibility index (Phi) is 4.18. The number of carbonyl (C=O) groups is 1. The van der Waals surface area contributed by atoms with Gasteiger partial charge in [0.25, 0.3) is 0 Å². The lowest BCUT2D eigenvalue weighted by atomic mass is 10.1. The molecule has 0 unspecified atom stereocenters. The van der Waals surface area contributed by atoms with Crippen LogP contribution in [-0.2, 0) is 0 Å². The van der Waals surface area contributed by atoms with Gasteiger partial charge in [0.15, 0.2) is 17.2 Å². The third kappa shape index (κ3) is 2.83. The molecule has 0 atom stereocenters. The highest BCUT2D eigenvalue weighted by Gasteiger charge is 2.13. The first-order valence-corrected chi connectivity index (χ1v) is 5.97. The summed E-state index contributed by atoms with van der Waals surface area (Å²) in [6.45, 7) is 0. The van der Waals surface area contributed by atoms with Crippen LogP contribution in [0.3, 0.4) is 0 Å². The van der Waals surface area contributed by atoms with Crippen LogP contribution in [0.15, 0.2) is 36.4 Å². The fraction of sp³-hybridized carbons (Fsp3) is 0.0625. The first kappa shape index (κ1) is 14.1. The van der Waals surface area contributed by atoms with Crippen LogP contribution in [0.2, 0.25) is 0 Å². The van der Waals surface area contributed by atoms with E-state index < -0.39 is 0 Å². The van der Waals surface area contributed by atoms with E-state index in [1.807, 2.05) is 12.1 Å². The topological polar surface area (TPSA) is 83.1 Å². The molecule has 0 radical (unpaired) electrons. The summed E-state index contributed by atoms with van der Waals surface area (Å²) >= 11 is 0. The highest BCUT2D eigenvalue weighted by atomic mass is 16.5. The number of hydrogen-bond donors (Lipinski definition) is 0. The Labute approximate surface area is 121 Å². The van der Waals surface area contributed by atoms with Crippen molar-refractivity contribution in [3.8, 4) is 29.4 Å². The van der Waals surface area contributed by atoms with E-state index in [0.29, 0.717) is 23.3 Å². The van der Waals surface area contributed by atoms with Gasteiger partial charge in [-0.25, -0.2) is 0 Å². The Morgan fingerprint density at radius 1 is 1.05 bits per heavy atom. The molecule has 0 spiro atoms. The second-order valence-corrected chi connectivity index (χ2v) is 4.04. The van der Waals surface area contributed by atoms with Gasteiger partial charge in [0.2, 0.25) is 0 Å². The highest BCUT2D eigenvalue weighted by molar-refractivity contribution is 5.76. The van der Waals surface area contributed by atoms with Gasteiger partial charge in [-0.3, -0.25) is 4.79 Å². The van der Waals surface area contributed by atoms with Crippen LogP contribution in [0.1, 0.15) is 21.5 Å². The number of carbonyl (C=O) groups excluding carboxylic acids is 1. The number of ether oxygens (including phenoxy) is 2.